The second kappa shape index (κ2) is 5.14. The minimum Gasteiger partial charge on any atom is -0.542 e. The van der Waals surface area contributed by atoms with Crippen molar-refractivity contribution >= 4 is 17.7 Å². The molecule has 0 spiro atoms. The maximum Gasteiger partial charge on any atom is 1.00 e. The first-order valence-electron chi connectivity index (χ1n) is 3.56. The number of aromatic nitrogens is 2. The van der Waals surface area contributed by atoms with E-state index in [1.54, 1.807) is 6.92 Å². The summed E-state index contributed by atoms with van der Waals surface area (Å²) in [5, 5.41) is 12.7. The number of aromatic amines is 1. The molecule has 1 rings (SSSR count). The van der Waals surface area contributed by atoms with E-state index in [4.69, 9.17) is 0 Å². The molecule has 0 radical (unpaired) electrons. The molecule has 6 nitrogen and oxygen atoms in total. The van der Waals surface area contributed by atoms with E-state index in [0.717, 1.165) is 0 Å². The molecule has 0 aliphatic rings. The number of aryl methyl sites for hydroxylation is 1. The summed E-state index contributed by atoms with van der Waals surface area (Å²) in [7, 11) is 0. The SMILES string of the molecule is CC(=O)Nc1nc(C(=O)[O-])[nH]c1C.[Na+]. The Balaban J connectivity index is 0.00000169. The molecule has 0 aliphatic carbocycles. The monoisotopic (exact) mass is 205 g/mol. The molecule has 0 fully saturated rings. The molecule has 1 amide bonds. The van der Waals surface area contributed by atoms with Crippen molar-refractivity contribution in [3.63, 3.8) is 0 Å². The summed E-state index contributed by atoms with van der Waals surface area (Å²) < 4.78 is 0. The van der Waals surface area contributed by atoms with Crippen molar-refractivity contribution in [3.8, 4) is 0 Å². The van der Waals surface area contributed by atoms with Crippen LogP contribution >= 0.6 is 0 Å². The number of H-pyrrole nitrogens is 1. The fraction of sp³-hybridized carbons (Fsp3) is 0.286. The van der Waals surface area contributed by atoms with Gasteiger partial charge < -0.3 is 20.2 Å². The Kier molecular flexibility index (Phi) is 4.82. The number of carboxylic acid groups (broad SMARTS) is 1. The number of hydrogen-bond acceptors (Lipinski definition) is 4. The smallest absolute Gasteiger partial charge is 0.542 e. The molecule has 0 bridgehead atoms. The molecule has 1 heterocycles. The van der Waals surface area contributed by atoms with Crippen LogP contribution in [0.15, 0.2) is 0 Å². The average molecular weight is 205 g/mol. The Hall–Kier alpha value is -0.850. The fourth-order valence-corrected chi connectivity index (χ4v) is 0.846. The van der Waals surface area contributed by atoms with Gasteiger partial charge in [0.15, 0.2) is 11.6 Å². The van der Waals surface area contributed by atoms with Gasteiger partial charge in [0.05, 0.1) is 5.69 Å². The van der Waals surface area contributed by atoms with Crippen molar-refractivity contribution in [3.05, 3.63) is 11.5 Å². The van der Waals surface area contributed by atoms with Crippen LogP contribution in [0, 0.1) is 6.92 Å². The number of carboxylic acids is 1. The van der Waals surface area contributed by atoms with E-state index < -0.39 is 5.97 Å². The molecule has 70 valence electrons. The number of rotatable bonds is 2. The van der Waals surface area contributed by atoms with Crippen LogP contribution in [0.2, 0.25) is 0 Å². The first-order valence-corrected chi connectivity index (χ1v) is 3.56. The number of nitrogens with zero attached hydrogens (tertiary/aromatic N) is 1. The number of nitrogens with one attached hydrogen (secondary N) is 2. The summed E-state index contributed by atoms with van der Waals surface area (Å²) in [5.74, 6) is -1.79. The Morgan fingerprint density at radius 1 is 1.50 bits per heavy atom. The summed E-state index contributed by atoms with van der Waals surface area (Å²) in [6.07, 6.45) is 0. The standard InChI is InChI=1S/C7H9N3O3.Na/c1-3-5(9-4(2)11)10-6(8-3)7(12)13;/h1-2H3,(H,8,10)(H,9,11)(H,12,13);/q;+1/p-1. The van der Waals surface area contributed by atoms with Crippen LogP contribution in [0.25, 0.3) is 0 Å². The molecule has 0 unspecified atom stereocenters. The topological polar surface area (TPSA) is 97.9 Å². The minimum absolute atomic E-state index is 0. The third-order valence-corrected chi connectivity index (χ3v) is 1.37. The van der Waals surface area contributed by atoms with Crippen molar-refractivity contribution in [2.24, 2.45) is 0 Å². The third kappa shape index (κ3) is 3.13. The van der Waals surface area contributed by atoms with Gasteiger partial charge in [0.25, 0.3) is 0 Å². The predicted molar refractivity (Wildman–Crippen MR) is 42.0 cm³/mol. The molecule has 0 atom stereocenters. The summed E-state index contributed by atoms with van der Waals surface area (Å²) in [6.45, 7) is 2.91. The zero-order valence-corrected chi connectivity index (χ0v) is 10.2. The predicted octanol–water partition coefficient (Wildman–Crippen LogP) is -3.96. The van der Waals surface area contributed by atoms with Gasteiger partial charge in [0, 0.05) is 6.92 Å². The maximum absolute atomic E-state index is 10.6. The van der Waals surface area contributed by atoms with Crippen LogP contribution in [-0.2, 0) is 4.79 Å². The van der Waals surface area contributed by atoms with Gasteiger partial charge in [0.1, 0.15) is 5.97 Å². The number of hydrogen-bond donors (Lipinski definition) is 2. The molecular weight excluding hydrogens is 197 g/mol. The van der Waals surface area contributed by atoms with Gasteiger partial charge in [0.2, 0.25) is 5.91 Å². The molecule has 14 heavy (non-hydrogen) atoms. The fourth-order valence-electron chi connectivity index (χ4n) is 0.846. The van der Waals surface area contributed by atoms with Crippen LogP contribution in [0.5, 0.6) is 0 Å². The van der Waals surface area contributed by atoms with E-state index in [1.807, 2.05) is 0 Å². The van der Waals surface area contributed by atoms with Crippen molar-refractivity contribution < 1.29 is 44.3 Å². The van der Waals surface area contributed by atoms with E-state index in [1.165, 1.54) is 6.92 Å². The number of carbonyl (C=O) groups excluding carboxylic acids is 2. The first-order chi connectivity index (χ1) is 6.00. The second-order valence-corrected chi connectivity index (χ2v) is 2.53. The molecule has 1 aromatic rings. The maximum atomic E-state index is 10.6. The third-order valence-electron chi connectivity index (χ3n) is 1.37. The van der Waals surface area contributed by atoms with Gasteiger partial charge in [-0.3, -0.25) is 4.79 Å². The van der Waals surface area contributed by atoms with Gasteiger partial charge in [-0.2, -0.15) is 0 Å². The van der Waals surface area contributed by atoms with E-state index in [2.05, 4.69) is 15.3 Å². The van der Waals surface area contributed by atoms with Gasteiger partial charge >= 0.3 is 29.6 Å². The van der Waals surface area contributed by atoms with Gasteiger partial charge in [-0.15, -0.1) is 0 Å². The number of amides is 1. The molecule has 7 heteroatoms. The molecule has 1 aromatic heterocycles. The van der Waals surface area contributed by atoms with Gasteiger partial charge in [-0.25, -0.2) is 4.98 Å². The Morgan fingerprint density at radius 2 is 2.07 bits per heavy atom. The van der Waals surface area contributed by atoms with E-state index in [0.29, 0.717) is 5.69 Å². The molecule has 0 saturated heterocycles. The van der Waals surface area contributed by atoms with E-state index >= 15 is 0 Å². The van der Waals surface area contributed by atoms with Crippen LogP contribution in [0.3, 0.4) is 0 Å². The molecule has 2 N–H and O–H groups in total. The zero-order chi connectivity index (χ0) is 10.0. The number of aromatic carboxylic acids is 1. The zero-order valence-electron chi connectivity index (χ0n) is 8.17. The van der Waals surface area contributed by atoms with Crippen LogP contribution in [0.4, 0.5) is 5.82 Å². The van der Waals surface area contributed by atoms with Crippen molar-refractivity contribution in [2.75, 3.05) is 5.32 Å². The van der Waals surface area contributed by atoms with Gasteiger partial charge in [-0.1, -0.05) is 0 Å². The number of anilines is 1. The molecule has 0 aliphatic heterocycles. The van der Waals surface area contributed by atoms with Crippen LogP contribution in [0.1, 0.15) is 23.2 Å². The van der Waals surface area contributed by atoms with E-state index in [9.17, 15) is 14.7 Å². The summed E-state index contributed by atoms with van der Waals surface area (Å²) >= 11 is 0. The van der Waals surface area contributed by atoms with Gasteiger partial charge in [-0.05, 0) is 6.92 Å². The normalized spacial score (nSPS) is 9.00. The quantitative estimate of drug-likeness (QED) is 0.481. The molecule has 0 aromatic carbocycles. The van der Waals surface area contributed by atoms with Crippen molar-refractivity contribution in [1.29, 1.82) is 0 Å². The Morgan fingerprint density at radius 3 is 2.43 bits per heavy atom. The first kappa shape index (κ1) is 13.2. The number of imidazole rings is 1. The van der Waals surface area contributed by atoms with Crippen molar-refractivity contribution in [2.45, 2.75) is 13.8 Å². The summed E-state index contributed by atoms with van der Waals surface area (Å²) in [5.41, 5.74) is 0.481. The Bertz CT molecular complexity index is 361. The Labute approximate surface area is 102 Å². The van der Waals surface area contributed by atoms with Crippen molar-refractivity contribution in [1.82, 2.24) is 9.97 Å². The van der Waals surface area contributed by atoms with Crippen LogP contribution in [-0.4, -0.2) is 21.8 Å². The molecular formula is C7H8N3NaO3. The van der Waals surface area contributed by atoms with E-state index in [-0.39, 0.29) is 47.1 Å². The largest absolute Gasteiger partial charge is 1.00 e. The molecule has 0 saturated carbocycles. The second-order valence-electron chi connectivity index (χ2n) is 2.53. The number of carbonyl (C=O) groups is 2. The minimum atomic E-state index is -1.40. The average Bonchev–Trinajstić information content (AvgIpc) is 2.31. The summed E-state index contributed by atoms with van der Waals surface area (Å²) in [6, 6.07) is 0. The van der Waals surface area contributed by atoms with Crippen LogP contribution < -0.4 is 40.0 Å². The summed E-state index contributed by atoms with van der Waals surface area (Å²) in [4.78, 5) is 27.0.